The van der Waals surface area contributed by atoms with Gasteiger partial charge in [-0.2, -0.15) is 0 Å². The fourth-order valence-electron chi connectivity index (χ4n) is 1.59. The van der Waals surface area contributed by atoms with Crippen LogP contribution >= 0.6 is 0 Å². The van der Waals surface area contributed by atoms with E-state index in [4.69, 9.17) is 10.2 Å². The summed E-state index contributed by atoms with van der Waals surface area (Å²) >= 11 is 0. The number of sulfonamides is 1. The number of anilines is 1. The zero-order chi connectivity index (χ0) is 15.6. The van der Waals surface area contributed by atoms with Gasteiger partial charge in [-0.05, 0) is 19.1 Å². The van der Waals surface area contributed by atoms with Crippen molar-refractivity contribution in [1.29, 1.82) is 0 Å². The molecule has 2 aromatic rings. The monoisotopic (exact) mass is 312 g/mol. The maximum absolute atomic E-state index is 12.0. The van der Waals surface area contributed by atoms with E-state index in [1.807, 2.05) is 0 Å². The minimum absolute atomic E-state index is 0.132. The first kappa shape index (κ1) is 14.9. The standard InChI is InChI=1S/C11H12N4O5S/c1-7-5-13-11(20-7)6-14-21(18,19)8-2-3-10(15(16)17)9(12)4-8/h2-5,14H,6,12H2,1H3. The minimum Gasteiger partial charge on any atom is -0.445 e. The molecule has 0 saturated carbocycles. The molecule has 0 unspecified atom stereocenters. The topological polar surface area (TPSA) is 141 Å². The Hall–Kier alpha value is -2.46. The summed E-state index contributed by atoms with van der Waals surface area (Å²) in [6.45, 7) is 1.55. The lowest BCUT2D eigenvalue weighted by molar-refractivity contribution is -0.383. The molecule has 0 aliphatic carbocycles. The zero-order valence-corrected chi connectivity index (χ0v) is 11.8. The van der Waals surface area contributed by atoms with Crippen LogP contribution in [0.3, 0.4) is 0 Å². The number of nitrogens with one attached hydrogen (secondary N) is 1. The molecule has 0 spiro atoms. The Morgan fingerprint density at radius 2 is 2.19 bits per heavy atom. The van der Waals surface area contributed by atoms with Crippen molar-refractivity contribution < 1.29 is 17.8 Å². The van der Waals surface area contributed by atoms with Gasteiger partial charge in [-0.25, -0.2) is 18.1 Å². The highest BCUT2D eigenvalue weighted by Gasteiger charge is 2.19. The number of aryl methyl sites for hydroxylation is 1. The van der Waals surface area contributed by atoms with E-state index < -0.39 is 14.9 Å². The molecule has 1 aromatic carbocycles. The van der Waals surface area contributed by atoms with Crippen LogP contribution in [0.15, 0.2) is 33.7 Å². The largest absolute Gasteiger partial charge is 0.445 e. The van der Waals surface area contributed by atoms with Crippen molar-refractivity contribution in [2.24, 2.45) is 0 Å². The molecule has 3 N–H and O–H groups in total. The molecule has 0 atom stereocenters. The lowest BCUT2D eigenvalue weighted by Gasteiger charge is -2.06. The van der Waals surface area contributed by atoms with Gasteiger partial charge in [0.05, 0.1) is 22.6 Å². The van der Waals surface area contributed by atoms with E-state index in [0.29, 0.717) is 5.76 Å². The average Bonchev–Trinajstić information content (AvgIpc) is 2.82. The van der Waals surface area contributed by atoms with E-state index in [9.17, 15) is 18.5 Å². The Morgan fingerprint density at radius 3 is 2.71 bits per heavy atom. The third-order valence-corrected chi connectivity index (χ3v) is 3.99. The number of hydrogen-bond acceptors (Lipinski definition) is 7. The number of hydrogen-bond donors (Lipinski definition) is 2. The number of benzene rings is 1. The Balaban J connectivity index is 2.19. The van der Waals surface area contributed by atoms with Gasteiger partial charge in [0.1, 0.15) is 11.4 Å². The Labute approximate surface area is 120 Å². The predicted molar refractivity (Wildman–Crippen MR) is 72.8 cm³/mol. The van der Waals surface area contributed by atoms with E-state index >= 15 is 0 Å². The smallest absolute Gasteiger partial charge is 0.292 e. The van der Waals surface area contributed by atoms with Gasteiger partial charge in [0.15, 0.2) is 0 Å². The molecule has 21 heavy (non-hydrogen) atoms. The summed E-state index contributed by atoms with van der Waals surface area (Å²) in [6.07, 6.45) is 1.47. The van der Waals surface area contributed by atoms with Crippen molar-refractivity contribution in [3.8, 4) is 0 Å². The molecule has 9 nitrogen and oxygen atoms in total. The van der Waals surface area contributed by atoms with Crippen LogP contribution in [0.4, 0.5) is 11.4 Å². The lowest BCUT2D eigenvalue weighted by atomic mass is 10.3. The van der Waals surface area contributed by atoms with Gasteiger partial charge < -0.3 is 10.2 Å². The number of nitrogen functional groups attached to an aromatic ring is 1. The average molecular weight is 312 g/mol. The molecule has 0 saturated heterocycles. The van der Waals surface area contributed by atoms with Crippen LogP contribution in [-0.4, -0.2) is 18.3 Å². The lowest BCUT2D eigenvalue weighted by Crippen LogP contribution is -2.23. The molecule has 0 fully saturated rings. The van der Waals surface area contributed by atoms with Gasteiger partial charge >= 0.3 is 0 Å². The second-order valence-electron chi connectivity index (χ2n) is 4.17. The highest BCUT2D eigenvalue weighted by Crippen LogP contribution is 2.24. The molecule has 1 heterocycles. The van der Waals surface area contributed by atoms with Gasteiger partial charge in [0.25, 0.3) is 5.69 Å². The number of oxazole rings is 1. The summed E-state index contributed by atoms with van der Waals surface area (Å²) in [6, 6.07) is 3.18. The van der Waals surface area contributed by atoms with Crippen LogP contribution in [0.2, 0.25) is 0 Å². The third kappa shape index (κ3) is 3.35. The first-order chi connectivity index (χ1) is 9.79. The summed E-state index contributed by atoms with van der Waals surface area (Å²) in [7, 11) is -3.87. The number of nitrogens with two attached hydrogens (primary N) is 1. The molecule has 0 aliphatic heterocycles. The van der Waals surface area contributed by atoms with Gasteiger partial charge in [-0.1, -0.05) is 0 Å². The molecule has 0 radical (unpaired) electrons. The maximum atomic E-state index is 12.0. The van der Waals surface area contributed by atoms with Gasteiger partial charge in [-0.3, -0.25) is 10.1 Å². The highest BCUT2D eigenvalue weighted by atomic mass is 32.2. The summed E-state index contributed by atoms with van der Waals surface area (Å²) in [5.74, 6) is 0.773. The second-order valence-corrected chi connectivity index (χ2v) is 5.93. The number of nitro benzene ring substituents is 1. The third-order valence-electron chi connectivity index (χ3n) is 2.59. The Bertz CT molecular complexity index is 784. The second kappa shape index (κ2) is 5.50. The molecular formula is C11H12N4O5S. The Kier molecular flexibility index (Phi) is 3.91. The summed E-state index contributed by atoms with van der Waals surface area (Å²) in [4.78, 5) is 13.6. The van der Waals surface area contributed by atoms with Crippen molar-refractivity contribution in [1.82, 2.24) is 9.71 Å². The molecule has 0 aliphatic rings. The summed E-state index contributed by atoms with van der Waals surface area (Å²) in [5, 5.41) is 10.6. The normalized spacial score (nSPS) is 11.5. The van der Waals surface area contributed by atoms with Crippen LogP contribution in [0.1, 0.15) is 11.7 Å². The molecule has 2 rings (SSSR count). The molecular weight excluding hydrogens is 300 g/mol. The number of rotatable bonds is 5. The SMILES string of the molecule is Cc1cnc(CNS(=O)(=O)c2ccc([N+](=O)[O-])c(N)c2)o1. The van der Waals surface area contributed by atoms with Gasteiger partial charge in [-0.15, -0.1) is 0 Å². The van der Waals surface area contributed by atoms with Gasteiger partial charge in [0, 0.05) is 6.07 Å². The first-order valence-corrected chi connectivity index (χ1v) is 7.23. The summed E-state index contributed by atoms with van der Waals surface area (Å²) < 4.78 is 31.5. The number of nitrogens with zero attached hydrogens (tertiary/aromatic N) is 2. The van der Waals surface area contributed by atoms with Gasteiger partial charge in [0.2, 0.25) is 15.9 Å². The van der Waals surface area contributed by atoms with E-state index in [2.05, 4.69) is 9.71 Å². The predicted octanol–water partition coefficient (Wildman–Crippen LogP) is 0.952. The van der Waals surface area contributed by atoms with Crippen molar-refractivity contribution in [3.63, 3.8) is 0 Å². The van der Waals surface area contributed by atoms with Crippen molar-refractivity contribution in [2.75, 3.05) is 5.73 Å². The quantitative estimate of drug-likeness (QED) is 0.475. The van der Waals surface area contributed by atoms with Crippen LogP contribution in [0.25, 0.3) is 0 Å². The first-order valence-electron chi connectivity index (χ1n) is 5.74. The summed E-state index contributed by atoms with van der Waals surface area (Å²) in [5.41, 5.74) is 4.89. The fraction of sp³-hybridized carbons (Fsp3) is 0.182. The van der Waals surface area contributed by atoms with E-state index in [1.54, 1.807) is 6.92 Å². The van der Waals surface area contributed by atoms with Crippen LogP contribution in [0.5, 0.6) is 0 Å². The van der Waals surface area contributed by atoms with Crippen LogP contribution in [0, 0.1) is 17.0 Å². The van der Waals surface area contributed by atoms with Crippen molar-refractivity contribution >= 4 is 21.4 Å². The fourth-order valence-corrected chi connectivity index (χ4v) is 2.60. The Morgan fingerprint density at radius 1 is 1.48 bits per heavy atom. The van der Waals surface area contributed by atoms with Crippen molar-refractivity contribution in [3.05, 3.63) is 46.2 Å². The zero-order valence-electron chi connectivity index (χ0n) is 10.9. The molecule has 1 aromatic heterocycles. The highest BCUT2D eigenvalue weighted by molar-refractivity contribution is 7.89. The van der Waals surface area contributed by atoms with E-state index in [0.717, 1.165) is 18.2 Å². The molecule has 112 valence electrons. The molecule has 10 heteroatoms. The number of nitro groups is 1. The number of aromatic nitrogens is 1. The maximum Gasteiger partial charge on any atom is 0.292 e. The molecule has 0 bridgehead atoms. The van der Waals surface area contributed by atoms with Crippen molar-refractivity contribution in [2.45, 2.75) is 18.4 Å². The van der Waals surface area contributed by atoms with E-state index in [1.165, 1.54) is 6.20 Å². The van der Waals surface area contributed by atoms with Crippen LogP contribution < -0.4 is 10.5 Å². The minimum atomic E-state index is -3.87. The van der Waals surface area contributed by atoms with Crippen LogP contribution in [-0.2, 0) is 16.6 Å². The molecule has 0 amide bonds. The van der Waals surface area contributed by atoms with E-state index in [-0.39, 0.29) is 28.7 Å².